The van der Waals surface area contributed by atoms with Crippen LogP contribution in [0.25, 0.3) is 22.5 Å². The fourth-order valence-electron chi connectivity index (χ4n) is 10.1. The third-order valence-corrected chi connectivity index (χ3v) is 17.4. The SMILES string of the molecule is CN(C)CCC#Cc1cccc(C(=O)O)c1.CS(=O)(=O)OCCC#Cc1cccc(C(=O)O)c1.Cc1cccc(CNc2cc(-c3cc(Cl)ccc3N)ncn2)c1.Cc1cccc(CNc2cc(-c3cc(Cl)ccc3NC(=O)c3cccc(C#CCCN(C)C)c3)ncn2)c1.O=C(O)c1cccc(Br)c1.O=C(O)c1cccc(C#CCCO)c1. The molecule has 0 spiro atoms. The highest BCUT2D eigenvalue weighted by molar-refractivity contribution is 9.10. The summed E-state index contributed by atoms with van der Waals surface area (Å²) >= 11 is 15.5. The number of aromatic carboxylic acids is 4. The van der Waals surface area contributed by atoms with Crippen LogP contribution in [0.1, 0.15) is 122 Å². The van der Waals surface area contributed by atoms with Crippen molar-refractivity contribution < 1.29 is 62.1 Å². The Morgan fingerprint density at radius 3 is 1.27 bits per heavy atom. The number of carboxylic acids is 4. The maximum absolute atomic E-state index is 13.2. The molecule has 0 atom stereocenters. The van der Waals surface area contributed by atoms with E-state index in [0.717, 1.165) is 70.4 Å². The number of aliphatic hydroxyl groups excluding tert-OH is 1. The highest BCUT2D eigenvalue weighted by Crippen LogP contribution is 2.32. The molecule has 0 saturated carbocycles. The maximum atomic E-state index is 13.2. The molecule has 2 heterocycles. The third-order valence-electron chi connectivity index (χ3n) is 15.8. The Hall–Kier alpha value is -13.0. The Morgan fingerprint density at radius 1 is 0.471 bits per heavy atom. The van der Waals surface area contributed by atoms with Gasteiger partial charge in [-0.3, -0.25) is 8.98 Å². The molecule has 9 aromatic carbocycles. The Bertz CT molecular complexity index is 5690. The molecule has 119 heavy (non-hydrogen) atoms. The van der Waals surface area contributed by atoms with E-state index < -0.39 is 34.0 Å². The summed E-state index contributed by atoms with van der Waals surface area (Å²) in [6.45, 7) is 7.28. The average Bonchev–Trinajstić information content (AvgIpc) is 0.815. The molecule has 0 fully saturated rings. The van der Waals surface area contributed by atoms with Crippen LogP contribution in [0.5, 0.6) is 0 Å². The van der Waals surface area contributed by atoms with Crippen molar-refractivity contribution >= 4 is 102 Å². The van der Waals surface area contributed by atoms with Crippen LogP contribution < -0.4 is 21.7 Å². The number of nitrogens with two attached hydrogens (primary N) is 1. The highest BCUT2D eigenvalue weighted by atomic mass is 79.9. The van der Waals surface area contributed by atoms with Gasteiger partial charge in [0.1, 0.15) is 24.3 Å². The first kappa shape index (κ1) is 94.8. The predicted octanol–water partition coefficient (Wildman–Crippen LogP) is 16.6. The van der Waals surface area contributed by atoms with Crippen molar-refractivity contribution in [3.63, 3.8) is 0 Å². The van der Waals surface area contributed by atoms with Crippen LogP contribution in [0.2, 0.25) is 10.0 Å². The first-order valence-corrected chi connectivity index (χ1v) is 40.0. The van der Waals surface area contributed by atoms with E-state index in [1.807, 2.05) is 76.7 Å². The summed E-state index contributed by atoms with van der Waals surface area (Å²) in [4.78, 5) is 77.0. The van der Waals surface area contributed by atoms with E-state index in [2.05, 4.69) is 163 Å². The minimum Gasteiger partial charge on any atom is -0.478 e. The number of nitrogen functional groups attached to an aromatic ring is 1. The average molecular weight is 1730 g/mol. The quantitative estimate of drug-likeness (QED) is 0.0132. The van der Waals surface area contributed by atoms with Crippen molar-refractivity contribution in [1.29, 1.82) is 0 Å². The van der Waals surface area contributed by atoms with Crippen molar-refractivity contribution in [2.24, 2.45) is 0 Å². The zero-order valence-electron chi connectivity index (χ0n) is 66.3. The topological polar surface area (TPSA) is 350 Å². The summed E-state index contributed by atoms with van der Waals surface area (Å²) in [7, 11) is 4.58. The van der Waals surface area contributed by atoms with E-state index in [0.29, 0.717) is 80.3 Å². The first-order chi connectivity index (χ1) is 56.9. The van der Waals surface area contributed by atoms with Crippen LogP contribution in [0.15, 0.2) is 236 Å². The van der Waals surface area contributed by atoms with Crippen molar-refractivity contribution in [2.45, 2.75) is 52.6 Å². The molecule has 11 aromatic rings. The van der Waals surface area contributed by atoms with Gasteiger partial charge in [0.25, 0.3) is 16.0 Å². The monoisotopic (exact) mass is 1720 g/mol. The number of aryl methyl sites for hydroxylation is 2. The summed E-state index contributed by atoms with van der Waals surface area (Å²) in [5.41, 5.74) is 19.2. The molecule has 23 nitrogen and oxygen atoms in total. The molecule has 10 N–H and O–H groups in total. The molecule has 11 rings (SSSR count). The van der Waals surface area contributed by atoms with Gasteiger partial charge in [-0.25, -0.2) is 39.1 Å². The fourth-order valence-corrected chi connectivity index (χ4v) is 11.2. The number of amides is 1. The predicted molar refractivity (Wildman–Crippen MR) is 473 cm³/mol. The normalized spacial score (nSPS) is 10.1. The van der Waals surface area contributed by atoms with Crippen molar-refractivity contribution in [3.05, 3.63) is 318 Å². The van der Waals surface area contributed by atoms with Gasteiger partial charge in [0, 0.05) is 123 Å². The first-order valence-electron chi connectivity index (χ1n) is 36.6. The second-order valence-corrected chi connectivity index (χ2v) is 29.7. The fraction of sp³-hybridized carbons (Fsp3) is 0.185. The van der Waals surface area contributed by atoms with E-state index in [9.17, 15) is 32.4 Å². The summed E-state index contributed by atoms with van der Waals surface area (Å²) < 4.78 is 26.6. The number of hydrogen-bond acceptors (Lipinski definition) is 18. The van der Waals surface area contributed by atoms with Gasteiger partial charge in [-0.05, 0) is 181 Å². The van der Waals surface area contributed by atoms with Crippen molar-refractivity contribution in [2.75, 3.05) is 82.4 Å². The minimum atomic E-state index is -3.43. The number of carbonyl (C=O) groups is 5. The number of aromatic nitrogens is 4. The molecule has 0 bridgehead atoms. The van der Waals surface area contributed by atoms with Crippen LogP contribution in [0.4, 0.5) is 23.0 Å². The molecule has 0 unspecified atom stereocenters. The van der Waals surface area contributed by atoms with E-state index in [1.54, 1.807) is 109 Å². The van der Waals surface area contributed by atoms with Gasteiger partial charge in [0.05, 0.1) is 58.8 Å². The van der Waals surface area contributed by atoms with Gasteiger partial charge in [0.2, 0.25) is 0 Å². The summed E-state index contributed by atoms with van der Waals surface area (Å²) in [5.74, 6) is 20.6. The largest absolute Gasteiger partial charge is 0.478 e. The molecular formula is C92H89BrCl2N10O13S. The highest BCUT2D eigenvalue weighted by Gasteiger charge is 2.15. The lowest BCUT2D eigenvalue weighted by molar-refractivity contribution is 0.0686. The number of anilines is 4. The van der Waals surface area contributed by atoms with Crippen molar-refractivity contribution in [1.82, 2.24) is 29.7 Å². The van der Waals surface area contributed by atoms with Gasteiger partial charge in [0.15, 0.2) is 0 Å². The van der Waals surface area contributed by atoms with Gasteiger partial charge in [-0.2, -0.15) is 8.42 Å². The number of halogens is 3. The number of carbonyl (C=O) groups excluding carboxylic acids is 1. The lowest BCUT2D eigenvalue weighted by Crippen LogP contribution is -2.13. The van der Waals surface area contributed by atoms with Crippen LogP contribution >= 0.6 is 39.1 Å². The van der Waals surface area contributed by atoms with Crippen LogP contribution in [0, 0.1) is 61.2 Å². The van der Waals surface area contributed by atoms with Crippen LogP contribution in [-0.4, -0.2) is 154 Å². The zero-order chi connectivity index (χ0) is 86.7. The van der Waals surface area contributed by atoms with Gasteiger partial charge >= 0.3 is 23.9 Å². The number of rotatable bonds is 22. The smallest absolute Gasteiger partial charge is 0.335 e. The van der Waals surface area contributed by atoms with Crippen molar-refractivity contribution in [3.8, 4) is 69.9 Å². The Balaban J connectivity index is 0.000000235. The van der Waals surface area contributed by atoms with E-state index >= 15 is 0 Å². The van der Waals surface area contributed by atoms with Crippen LogP contribution in [-0.2, 0) is 27.4 Å². The number of carboxylic acid groups (broad SMARTS) is 4. The number of nitrogens with zero attached hydrogens (tertiary/aromatic N) is 6. The molecule has 612 valence electrons. The molecular weight excluding hydrogens is 1640 g/mol. The maximum Gasteiger partial charge on any atom is 0.335 e. The second-order valence-electron chi connectivity index (χ2n) is 26.3. The van der Waals surface area contributed by atoms with E-state index in [1.165, 1.54) is 53.6 Å². The van der Waals surface area contributed by atoms with Crippen LogP contribution in [0.3, 0.4) is 0 Å². The second kappa shape index (κ2) is 50.5. The lowest BCUT2D eigenvalue weighted by atomic mass is 10.1. The molecule has 2 aromatic heterocycles. The molecule has 0 aliphatic heterocycles. The Morgan fingerprint density at radius 2 is 0.857 bits per heavy atom. The number of aliphatic hydroxyl groups is 1. The standard InChI is InChI=1S/C31H30ClN5O.C18H17ClN4.C13H15NO2.C12H12O5S.C11H10O3.C7H5BrO2/c1-22-8-6-11-24(16-22)20-33-30-19-29(34-21-35-30)27-18-26(32)13-14-28(27)36-31(38)25-12-7-10-23(17-25)9-4-5-15-37(2)3;1-12-3-2-4-13(7-12)10-21-18-9-17(22-11-23-18)15-8-14(19)5-6-16(15)20;1-14(2)9-4-3-6-11-7-5-8-12(10-11)13(15)16;1-18(15,16)17-8-3-2-5-10-6-4-7-11(9-10)12(13)14;12-7-2-1-4-9-5-3-6-10(8-9)11(13)14;8-6-3-1-2-5(4-6)7(9)10/h6-8,10-14,16-19,21H,5,15,20H2,1-3H3,(H,36,38)(H,33,34,35);2-9,11H,10,20H2,1H3,(H,21,22,23);5,7-8,10H,4,9H2,1-2H3,(H,15,16);4,6-7,9H,3,8H2,1H3,(H,13,14);3,5-6,8,12H,2,7H2,(H,13,14);1-4H,(H,9,10). The molecule has 0 saturated heterocycles. The summed E-state index contributed by atoms with van der Waals surface area (Å²) in [6.07, 6.45) is 6.19. The van der Waals surface area contributed by atoms with E-state index in [4.69, 9.17) is 54.5 Å². The summed E-state index contributed by atoms with van der Waals surface area (Å²) in [5, 5.41) is 54.1. The summed E-state index contributed by atoms with van der Waals surface area (Å²) in [6, 6.07) is 64.2. The third kappa shape index (κ3) is 37.2. The van der Waals surface area contributed by atoms with E-state index in [-0.39, 0.29) is 42.2 Å². The zero-order valence-corrected chi connectivity index (χ0v) is 70.2. The van der Waals surface area contributed by atoms with Gasteiger partial charge < -0.3 is 57.0 Å². The Labute approximate surface area is 712 Å². The minimum absolute atomic E-state index is 0.00947. The molecule has 0 aliphatic rings. The molecule has 27 heteroatoms. The lowest BCUT2D eigenvalue weighted by Gasteiger charge is -2.13. The molecule has 1 amide bonds. The Kier molecular flexibility index (Phi) is 40.2. The number of nitrogens with one attached hydrogen (secondary N) is 3. The number of benzene rings is 9. The molecule has 0 radical (unpaired) electrons. The number of hydrogen-bond donors (Lipinski definition) is 9. The molecule has 0 aliphatic carbocycles. The van der Waals surface area contributed by atoms with Gasteiger partial charge in [-0.1, -0.05) is 176 Å². The van der Waals surface area contributed by atoms with Gasteiger partial charge in [-0.15, -0.1) is 0 Å².